The molecule has 17 nitrogen and oxygen atoms in total. The molecule has 0 aliphatic heterocycles. The predicted octanol–water partition coefficient (Wildman–Crippen LogP) is 23.7. The quantitative estimate of drug-likeness (QED) is 0.0169. The zero-order chi connectivity index (χ0) is 76.0. The van der Waals surface area contributed by atoms with Gasteiger partial charge in [-0.05, 0) is 128 Å². The summed E-state index contributed by atoms with van der Waals surface area (Å²) in [6.07, 6.45) is 85.8. The molecule has 0 radical (unpaired) electrons. The number of hydrogen-bond donors (Lipinski definition) is 3. The normalized spacial score (nSPS) is 14.6. The van der Waals surface area contributed by atoms with Gasteiger partial charge in [0.25, 0.3) is 0 Å². The Kier molecular flexibility index (Phi) is 72.9. The minimum absolute atomic E-state index is 0.0351. The van der Waals surface area contributed by atoms with Crippen LogP contribution in [-0.2, 0) is 65.4 Å². The molecule has 596 valence electrons. The molecule has 0 rings (SSSR count). The highest BCUT2D eigenvalue weighted by molar-refractivity contribution is 7.47. The van der Waals surface area contributed by atoms with E-state index in [1.807, 2.05) is 18.2 Å². The maximum atomic E-state index is 13.1. The minimum Gasteiger partial charge on any atom is -0.462 e. The standard InChI is InChI=1S/C85H144O17P2/c1-5-9-13-17-21-25-29-33-35-37-39-41-43-47-49-53-57-61-65-69-82(87)95-75-80(101-84(89)71-67-63-59-55-51-45-31-27-23-19-15-11-7-3)77-99-103(91,92)97-73-79(86)74-98-104(93,94)100-78-81(102-85(90)72-68-64-60-56-52-46-32-28-24-20-16-12-8-4)76-96-83(88)70-66-62-58-54-50-48-44-42-40-38-36-34-30-26-22-18-14-10-6-2/h9,13,16,20-22,25-26,28,32-36,39-42,47,49,57,61,79-81,86H,5-8,10-12,14-15,17-19,23-24,27,29-31,37-38,43-46,48,50-56,58-60,62-78H2,1-4H3,(H,91,92)(H,93,94)/b13-9-,20-16-,25-21-,26-22-,32-28-,35-33-,36-34-,41-39-,42-40-,49-47-,61-57-. The summed E-state index contributed by atoms with van der Waals surface area (Å²) in [5, 5.41) is 10.6. The van der Waals surface area contributed by atoms with Crippen LogP contribution < -0.4 is 0 Å². The van der Waals surface area contributed by atoms with Crippen LogP contribution in [0.2, 0.25) is 0 Å². The summed E-state index contributed by atoms with van der Waals surface area (Å²) in [5.74, 6) is -2.30. The van der Waals surface area contributed by atoms with E-state index in [0.29, 0.717) is 32.1 Å². The van der Waals surface area contributed by atoms with Crippen molar-refractivity contribution in [3.8, 4) is 0 Å². The molecular weight excluding hydrogens is 1350 g/mol. The molecule has 5 atom stereocenters. The first-order valence-electron chi connectivity index (χ1n) is 40.4. The van der Waals surface area contributed by atoms with Crippen LogP contribution in [0.1, 0.15) is 323 Å². The van der Waals surface area contributed by atoms with Gasteiger partial charge in [0.1, 0.15) is 19.3 Å². The smallest absolute Gasteiger partial charge is 0.462 e. The lowest BCUT2D eigenvalue weighted by Crippen LogP contribution is -2.30. The van der Waals surface area contributed by atoms with E-state index in [1.54, 1.807) is 0 Å². The molecule has 0 amide bonds. The maximum Gasteiger partial charge on any atom is 0.472 e. The van der Waals surface area contributed by atoms with Crippen LogP contribution in [0.5, 0.6) is 0 Å². The van der Waals surface area contributed by atoms with E-state index in [0.717, 1.165) is 167 Å². The van der Waals surface area contributed by atoms with Crippen molar-refractivity contribution >= 4 is 39.5 Å². The minimum atomic E-state index is -4.99. The Morgan fingerprint density at radius 2 is 0.538 bits per heavy atom. The summed E-state index contributed by atoms with van der Waals surface area (Å²) in [4.78, 5) is 73.0. The summed E-state index contributed by atoms with van der Waals surface area (Å²) in [6, 6.07) is 0. The van der Waals surface area contributed by atoms with E-state index in [-0.39, 0.29) is 25.7 Å². The highest BCUT2D eigenvalue weighted by Crippen LogP contribution is 2.45. The van der Waals surface area contributed by atoms with Gasteiger partial charge in [0.05, 0.1) is 26.4 Å². The Bertz CT molecular complexity index is 2490. The molecule has 104 heavy (non-hydrogen) atoms. The van der Waals surface area contributed by atoms with Crippen LogP contribution >= 0.6 is 15.6 Å². The van der Waals surface area contributed by atoms with Crippen LogP contribution in [0.4, 0.5) is 0 Å². The second-order valence-corrected chi connectivity index (χ2v) is 29.5. The van der Waals surface area contributed by atoms with E-state index >= 15 is 0 Å². The lowest BCUT2D eigenvalue weighted by atomic mass is 10.0. The van der Waals surface area contributed by atoms with Crippen molar-refractivity contribution in [1.82, 2.24) is 0 Å². The average Bonchev–Trinajstić information content (AvgIpc) is 0.913. The number of allylic oxidation sites excluding steroid dienone is 22. The lowest BCUT2D eigenvalue weighted by Gasteiger charge is -2.21. The van der Waals surface area contributed by atoms with Crippen LogP contribution in [0, 0.1) is 0 Å². The summed E-state index contributed by atoms with van der Waals surface area (Å²) < 4.78 is 68.5. The second kappa shape index (κ2) is 76.4. The molecule has 0 aliphatic carbocycles. The van der Waals surface area contributed by atoms with E-state index in [1.165, 1.54) is 70.6 Å². The molecule has 0 aromatic carbocycles. The zero-order valence-corrected chi connectivity index (χ0v) is 66.9. The molecule has 0 heterocycles. The number of phosphoric ester groups is 2. The van der Waals surface area contributed by atoms with Gasteiger partial charge >= 0.3 is 39.5 Å². The van der Waals surface area contributed by atoms with Crippen molar-refractivity contribution in [2.24, 2.45) is 0 Å². The Morgan fingerprint density at radius 3 is 0.885 bits per heavy atom. The molecule has 0 saturated heterocycles. The molecular formula is C85H144O17P2. The molecule has 19 heteroatoms. The SMILES string of the molecule is CC/C=C\C/C=C\C/C=C\C/C=C\C/C=C\C/C=C\CCC(=O)OCC(COP(=O)(O)OCC(O)COP(=O)(O)OCC(COC(=O)CCCCCCCC/C=C\C/C=C\C/C=C\CCCCC)OC(=O)CCCCCCC/C=C\C/C=C\CCC)OC(=O)CCCCCCCCCCCCCCC. The largest absolute Gasteiger partial charge is 0.472 e. The second-order valence-electron chi connectivity index (χ2n) is 26.6. The van der Waals surface area contributed by atoms with Gasteiger partial charge in [-0.15, -0.1) is 0 Å². The van der Waals surface area contributed by atoms with Gasteiger partial charge in [0, 0.05) is 25.7 Å². The Labute approximate surface area is 631 Å². The number of aliphatic hydroxyl groups is 1. The van der Waals surface area contributed by atoms with Gasteiger partial charge in [0.15, 0.2) is 12.2 Å². The topological polar surface area (TPSA) is 237 Å². The first-order chi connectivity index (χ1) is 50.7. The molecule has 0 aromatic heterocycles. The molecule has 0 bridgehead atoms. The van der Waals surface area contributed by atoms with Crippen molar-refractivity contribution in [1.29, 1.82) is 0 Å². The summed E-state index contributed by atoms with van der Waals surface area (Å²) in [7, 11) is -9.98. The Morgan fingerprint density at radius 1 is 0.279 bits per heavy atom. The van der Waals surface area contributed by atoms with Crippen molar-refractivity contribution in [3.05, 3.63) is 134 Å². The van der Waals surface area contributed by atoms with Crippen LogP contribution in [-0.4, -0.2) is 96.7 Å². The number of aliphatic hydroxyl groups excluding tert-OH is 1. The molecule has 0 saturated carbocycles. The Balaban J connectivity index is 5.40. The number of hydrogen-bond acceptors (Lipinski definition) is 15. The molecule has 0 aromatic rings. The monoisotopic (exact) mass is 1500 g/mol. The third-order valence-corrected chi connectivity index (χ3v) is 18.5. The van der Waals surface area contributed by atoms with Crippen LogP contribution in [0.3, 0.4) is 0 Å². The highest BCUT2D eigenvalue weighted by Gasteiger charge is 2.30. The van der Waals surface area contributed by atoms with Crippen molar-refractivity contribution < 1.29 is 80.2 Å². The number of carbonyl (C=O) groups is 4. The third-order valence-electron chi connectivity index (χ3n) is 16.6. The number of unbranched alkanes of at least 4 members (excludes halogenated alkanes) is 27. The van der Waals surface area contributed by atoms with Crippen molar-refractivity contribution in [2.45, 2.75) is 341 Å². The van der Waals surface area contributed by atoms with E-state index in [4.69, 9.17) is 37.0 Å². The molecule has 0 spiro atoms. The lowest BCUT2D eigenvalue weighted by molar-refractivity contribution is -0.161. The first kappa shape index (κ1) is 99.2. The van der Waals surface area contributed by atoms with Crippen LogP contribution in [0.15, 0.2) is 134 Å². The van der Waals surface area contributed by atoms with Gasteiger partial charge in [-0.25, -0.2) is 9.13 Å². The number of rotatable bonds is 75. The highest BCUT2D eigenvalue weighted by atomic mass is 31.2. The summed E-state index contributed by atoms with van der Waals surface area (Å²) >= 11 is 0. The average molecular weight is 1500 g/mol. The van der Waals surface area contributed by atoms with Crippen molar-refractivity contribution in [2.75, 3.05) is 39.6 Å². The number of esters is 4. The maximum absolute atomic E-state index is 13.1. The van der Waals surface area contributed by atoms with Gasteiger partial charge in [-0.3, -0.25) is 37.3 Å². The van der Waals surface area contributed by atoms with Gasteiger partial charge in [-0.1, -0.05) is 303 Å². The van der Waals surface area contributed by atoms with Crippen molar-refractivity contribution in [3.63, 3.8) is 0 Å². The molecule has 0 aliphatic rings. The fraction of sp³-hybridized carbons (Fsp3) is 0.694. The predicted molar refractivity (Wildman–Crippen MR) is 427 cm³/mol. The van der Waals surface area contributed by atoms with Gasteiger partial charge in [-0.2, -0.15) is 0 Å². The van der Waals surface area contributed by atoms with Crippen LogP contribution in [0.25, 0.3) is 0 Å². The van der Waals surface area contributed by atoms with E-state index in [2.05, 4.69) is 143 Å². The molecule has 5 unspecified atom stereocenters. The fourth-order valence-corrected chi connectivity index (χ4v) is 12.0. The number of phosphoric acid groups is 2. The summed E-state index contributed by atoms with van der Waals surface area (Å²) in [6.45, 7) is 4.57. The Hall–Kier alpha value is -4.80. The third kappa shape index (κ3) is 75.4. The van der Waals surface area contributed by atoms with Gasteiger partial charge in [0.2, 0.25) is 0 Å². The zero-order valence-electron chi connectivity index (χ0n) is 65.2. The number of carbonyl (C=O) groups excluding carboxylic acids is 4. The molecule has 0 fully saturated rings. The number of ether oxygens (including phenoxy) is 4. The first-order valence-corrected chi connectivity index (χ1v) is 43.4. The summed E-state index contributed by atoms with van der Waals surface area (Å²) in [5.41, 5.74) is 0. The van der Waals surface area contributed by atoms with E-state index in [9.17, 15) is 43.2 Å². The molecule has 3 N–H and O–H groups in total. The van der Waals surface area contributed by atoms with E-state index < -0.39 is 97.5 Å². The fourth-order valence-electron chi connectivity index (χ4n) is 10.5. The van der Waals surface area contributed by atoms with Gasteiger partial charge < -0.3 is 33.8 Å².